The Balaban J connectivity index is 2.37. The third-order valence-electron chi connectivity index (χ3n) is 2.31. The van der Waals surface area contributed by atoms with Crippen molar-refractivity contribution in [2.24, 2.45) is 10.3 Å². The topological polar surface area (TPSA) is 62.1 Å². The van der Waals surface area contributed by atoms with Crippen LogP contribution in [0, 0.1) is 0 Å². The van der Waals surface area contributed by atoms with Gasteiger partial charge in [-0.3, -0.25) is 9.59 Å². The van der Waals surface area contributed by atoms with Crippen LogP contribution < -0.4 is 5.01 Å². The first kappa shape index (κ1) is 12.6. The Kier molecular flexibility index (Phi) is 4.12. The maximum atomic E-state index is 10.9. The standard InChI is InChI=1S/C14H10N3O2/c18-11-14(19)15-16-17(12-7-3-1-4-8-12)13-9-5-2-6-10-13/h1-10H. The lowest BCUT2D eigenvalue weighted by atomic mass is 10.2. The van der Waals surface area contributed by atoms with Crippen LogP contribution in [-0.2, 0) is 9.59 Å². The second-order valence-corrected chi connectivity index (χ2v) is 3.58. The molecule has 0 heterocycles. The van der Waals surface area contributed by atoms with Gasteiger partial charge in [-0.25, -0.2) is 5.01 Å². The fourth-order valence-corrected chi connectivity index (χ4v) is 1.50. The van der Waals surface area contributed by atoms with E-state index in [9.17, 15) is 9.59 Å². The van der Waals surface area contributed by atoms with Gasteiger partial charge in [0.05, 0.1) is 11.4 Å². The number of carbonyl (C=O) groups is 1. The summed E-state index contributed by atoms with van der Waals surface area (Å²) in [5.74, 6) is -1.04. The third-order valence-corrected chi connectivity index (χ3v) is 2.31. The lowest BCUT2D eigenvalue weighted by Gasteiger charge is -2.17. The minimum atomic E-state index is -1.04. The molecule has 0 bridgehead atoms. The first-order valence-corrected chi connectivity index (χ1v) is 5.55. The van der Waals surface area contributed by atoms with Gasteiger partial charge in [-0.15, -0.1) is 0 Å². The SMILES string of the molecule is O=[C]C(=O)N=NN(c1ccccc1)c1ccccc1. The van der Waals surface area contributed by atoms with Crippen LogP contribution in [0.4, 0.5) is 11.4 Å². The Hall–Kier alpha value is -2.82. The number of hydrogen-bond acceptors (Lipinski definition) is 3. The molecule has 0 spiro atoms. The number of anilines is 2. The fourth-order valence-electron chi connectivity index (χ4n) is 1.50. The van der Waals surface area contributed by atoms with Gasteiger partial charge < -0.3 is 0 Å². The normalized spacial score (nSPS) is 10.3. The van der Waals surface area contributed by atoms with Crippen molar-refractivity contribution in [3.05, 3.63) is 60.7 Å². The zero-order valence-corrected chi connectivity index (χ0v) is 9.93. The summed E-state index contributed by atoms with van der Waals surface area (Å²) >= 11 is 0. The summed E-state index contributed by atoms with van der Waals surface area (Å²) < 4.78 is 0. The summed E-state index contributed by atoms with van der Waals surface area (Å²) in [6.07, 6.45) is 1.15. The Morgan fingerprint density at radius 1 is 0.895 bits per heavy atom. The van der Waals surface area contributed by atoms with E-state index in [4.69, 9.17) is 0 Å². The van der Waals surface area contributed by atoms with Crippen molar-refractivity contribution < 1.29 is 9.59 Å². The average Bonchev–Trinajstić information content (AvgIpc) is 2.49. The van der Waals surface area contributed by atoms with Gasteiger partial charge >= 0.3 is 5.91 Å². The maximum Gasteiger partial charge on any atom is 0.341 e. The highest BCUT2D eigenvalue weighted by atomic mass is 16.2. The zero-order valence-electron chi connectivity index (χ0n) is 9.93. The number of nitrogens with zero attached hydrogens (tertiary/aromatic N) is 3. The molecule has 93 valence electrons. The number of amides is 1. The highest BCUT2D eigenvalue weighted by molar-refractivity contribution is 6.24. The molecule has 0 saturated heterocycles. The highest BCUT2D eigenvalue weighted by Gasteiger charge is 2.08. The molecule has 0 atom stereocenters. The molecule has 1 radical (unpaired) electrons. The zero-order chi connectivity index (χ0) is 13.5. The van der Waals surface area contributed by atoms with Gasteiger partial charge in [0.25, 0.3) is 6.29 Å². The molecule has 0 aliphatic rings. The van der Waals surface area contributed by atoms with Crippen LogP contribution in [-0.4, -0.2) is 12.2 Å². The van der Waals surface area contributed by atoms with Crippen LogP contribution in [0.25, 0.3) is 0 Å². The molecule has 1 amide bonds. The first-order chi connectivity index (χ1) is 9.31. The summed E-state index contributed by atoms with van der Waals surface area (Å²) in [6.45, 7) is 0. The molecule has 2 aromatic rings. The molecule has 0 unspecified atom stereocenters. The van der Waals surface area contributed by atoms with E-state index in [1.807, 2.05) is 60.7 Å². The first-order valence-electron chi connectivity index (χ1n) is 5.55. The summed E-state index contributed by atoms with van der Waals surface area (Å²) in [4.78, 5) is 21.0. The Labute approximate surface area is 110 Å². The molecule has 0 aliphatic carbocycles. The molecule has 19 heavy (non-hydrogen) atoms. The van der Waals surface area contributed by atoms with E-state index in [2.05, 4.69) is 10.3 Å². The number of rotatable bonds is 4. The Morgan fingerprint density at radius 2 is 1.37 bits per heavy atom. The van der Waals surface area contributed by atoms with E-state index in [0.29, 0.717) is 0 Å². The number of para-hydroxylation sites is 2. The van der Waals surface area contributed by atoms with Crippen molar-refractivity contribution in [1.29, 1.82) is 0 Å². The summed E-state index contributed by atoms with van der Waals surface area (Å²) in [5, 5.41) is 8.53. The van der Waals surface area contributed by atoms with Crippen LogP contribution in [0.2, 0.25) is 0 Å². The monoisotopic (exact) mass is 252 g/mol. The fraction of sp³-hybridized carbons (Fsp3) is 0. The van der Waals surface area contributed by atoms with Gasteiger partial charge in [0.15, 0.2) is 0 Å². The quantitative estimate of drug-likeness (QED) is 0.477. The van der Waals surface area contributed by atoms with E-state index in [1.54, 1.807) is 0 Å². The summed E-state index contributed by atoms with van der Waals surface area (Å²) in [5.41, 5.74) is 1.47. The predicted molar refractivity (Wildman–Crippen MR) is 70.6 cm³/mol. The van der Waals surface area contributed by atoms with Gasteiger partial charge in [-0.2, -0.15) is 0 Å². The minimum absolute atomic E-state index is 0.733. The molecule has 2 rings (SSSR count). The van der Waals surface area contributed by atoms with Crippen molar-refractivity contribution >= 4 is 23.6 Å². The summed E-state index contributed by atoms with van der Waals surface area (Å²) in [7, 11) is 0. The minimum Gasteiger partial charge on any atom is -0.279 e. The molecule has 0 fully saturated rings. The van der Waals surface area contributed by atoms with Crippen molar-refractivity contribution in [3.63, 3.8) is 0 Å². The van der Waals surface area contributed by atoms with Crippen LogP contribution in [0.5, 0.6) is 0 Å². The molecular formula is C14H10N3O2. The van der Waals surface area contributed by atoms with E-state index >= 15 is 0 Å². The van der Waals surface area contributed by atoms with Crippen molar-refractivity contribution in [3.8, 4) is 0 Å². The summed E-state index contributed by atoms with van der Waals surface area (Å²) in [6, 6.07) is 18.4. The van der Waals surface area contributed by atoms with Crippen molar-refractivity contribution in [2.45, 2.75) is 0 Å². The van der Waals surface area contributed by atoms with Crippen LogP contribution in [0.3, 0.4) is 0 Å². The van der Waals surface area contributed by atoms with Crippen molar-refractivity contribution in [1.82, 2.24) is 0 Å². The molecule has 5 heteroatoms. The number of hydrogen-bond donors (Lipinski definition) is 0. The van der Waals surface area contributed by atoms with Crippen LogP contribution >= 0.6 is 0 Å². The van der Waals surface area contributed by atoms with E-state index in [1.165, 1.54) is 5.01 Å². The van der Waals surface area contributed by atoms with Gasteiger partial charge in [0.2, 0.25) is 0 Å². The van der Waals surface area contributed by atoms with Crippen LogP contribution in [0.1, 0.15) is 0 Å². The number of carbonyl (C=O) groups excluding carboxylic acids is 2. The highest BCUT2D eigenvalue weighted by Crippen LogP contribution is 2.25. The second kappa shape index (κ2) is 6.20. The third kappa shape index (κ3) is 3.32. The maximum absolute atomic E-state index is 10.9. The molecular weight excluding hydrogens is 242 g/mol. The van der Waals surface area contributed by atoms with Gasteiger partial charge in [0, 0.05) is 0 Å². The largest absolute Gasteiger partial charge is 0.341 e. The second-order valence-electron chi connectivity index (χ2n) is 3.58. The Morgan fingerprint density at radius 3 is 1.79 bits per heavy atom. The smallest absolute Gasteiger partial charge is 0.279 e. The lowest BCUT2D eigenvalue weighted by Crippen LogP contribution is -2.08. The van der Waals surface area contributed by atoms with E-state index in [-0.39, 0.29) is 0 Å². The molecule has 0 N–H and O–H groups in total. The van der Waals surface area contributed by atoms with E-state index in [0.717, 1.165) is 17.7 Å². The molecule has 0 saturated carbocycles. The van der Waals surface area contributed by atoms with Gasteiger partial charge in [0.1, 0.15) is 0 Å². The average molecular weight is 252 g/mol. The van der Waals surface area contributed by atoms with E-state index < -0.39 is 5.91 Å². The molecule has 5 nitrogen and oxygen atoms in total. The number of benzene rings is 2. The Bertz CT molecular complexity index is 543. The predicted octanol–water partition coefficient (Wildman–Crippen LogP) is 2.83. The lowest BCUT2D eigenvalue weighted by molar-refractivity contribution is -0.112. The molecule has 0 aliphatic heterocycles. The van der Waals surface area contributed by atoms with Crippen LogP contribution in [0.15, 0.2) is 71.0 Å². The van der Waals surface area contributed by atoms with Gasteiger partial charge in [-0.05, 0) is 24.3 Å². The molecule has 0 aromatic heterocycles. The van der Waals surface area contributed by atoms with Crippen molar-refractivity contribution in [2.75, 3.05) is 5.01 Å². The molecule has 2 aromatic carbocycles. The van der Waals surface area contributed by atoms with Gasteiger partial charge in [-0.1, -0.05) is 46.7 Å².